The number of fused-ring (bicyclic) bond motifs is 1. The number of benzene rings is 2. The normalized spacial score (nSPS) is 15.3. The maximum Gasteiger partial charge on any atom is 0.341 e. The number of anilines is 1. The average molecular weight is 552 g/mol. The van der Waals surface area contributed by atoms with E-state index < -0.39 is 18.0 Å². The third kappa shape index (κ3) is 7.08. The van der Waals surface area contributed by atoms with Crippen molar-refractivity contribution in [1.29, 1.82) is 0 Å². The Labute approximate surface area is 230 Å². The lowest BCUT2D eigenvalue weighted by Gasteiger charge is -2.18. The monoisotopic (exact) mass is 551 g/mol. The minimum atomic E-state index is -0.859. The highest BCUT2D eigenvalue weighted by atomic mass is 32.1. The molecule has 2 amide bonds. The van der Waals surface area contributed by atoms with E-state index >= 15 is 0 Å². The van der Waals surface area contributed by atoms with Gasteiger partial charge in [-0.2, -0.15) is 5.10 Å². The van der Waals surface area contributed by atoms with Crippen molar-refractivity contribution in [3.8, 4) is 5.75 Å². The van der Waals surface area contributed by atoms with Crippen LogP contribution in [0.4, 0.5) is 9.39 Å². The van der Waals surface area contributed by atoms with Crippen LogP contribution in [0.2, 0.25) is 0 Å². The molecule has 3 aromatic rings. The minimum Gasteiger partial charge on any atom is -0.481 e. The standard InChI is InChI=1S/C29H30FN3O5S/c1-4-37-29(36)25-23-14-5-17(2)15-24(23)39-28(25)32-27(35)20-8-12-22(13-9-20)38-18(3)26(34)33-31-16-19-6-10-21(30)11-7-19/h6-13,16-18H,4-5,14-15H2,1-3H3,(H,32,35)(H,33,34)/b31-16+. The molecule has 1 aliphatic rings. The number of halogens is 1. The van der Waals surface area contributed by atoms with Crippen molar-refractivity contribution < 1.29 is 28.2 Å². The van der Waals surface area contributed by atoms with E-state index in [1.165, 1.54) is 41.8 Å². The van der Waals surface area contributed by atoms with Crippen LogP contribution in [-0.4, -0.2) is 36.7 Å². The first-order valence-corrected chi connectivity index (χ1v) is 13.5. The predicted molar refractivity (Wildman–Crippen MR) is 148 cm³/mol. The fraction of sp³-hybridized carbons (Fsp3) is 0.310. The van der Waals surface area contributed by atoms with E-state index in [1.54, 1.807) is 38.1 Å². The fourth-order valence-electron chi connectivity index (χ4n) is 4.19. The van der Waals surface area contributed by atoms with Crippen LogP contribution in [0.1, 0.15) is 63.9 Å². The first-order valence-electron chi connectivity index (χ1n) is 12.7. The van der Waals surface area contributed by atoms with Crippen molar-refractivity contribution in [3.05, 3.63) is 81.5 Å². The van der Waals surface area contributed by atoms with E-state index in [-0.39, 0.29) is 18.3 Å². The Kier molecular flexibility index (Phi) is 9.08. The SMILES string of the molecule is CCOC(=O)c1c(NC(=O)c2ccc(OC(C)C(=O)N/N=C/c3ccc(F)cc3)cc2)sc2c1CCC(C)C2. The summed E-state index contributed by atoms with van der Waals surface area (Å²) in [6.45, 7) is 5.76. The second kappa shape index (κ2) is 12.7. The number of thiophene rings is 1. The summed E-state index contributed by atoms with van der Waals surface area (Å²) < 4.78 is 23.9. The van der Waals surface area contributed by atoms with Crippen LogP contribution in [0.5, 0.6) is 5.75 Å². The molecule has 204 valence electrons. The highest BCUT2D eigenvalue weighted by molar-refractivity contribution is 7.17. The maximum atomic E-state index is 13.0. The summed E-state index contributed by atoms with van der Waals surface area (Å²) in [5.74, 6) is -0.698. The lowest BCUT2D eigenvalue weighted by Crippen LogP contribution is -2.33. The van der Waals surface area contributed by atoms with E-state index in [4.69, 9.17) is 9.47 Å². The van der Waals surface area contributed by atoms with Crippen molar-refractivity contribution in [2.75, 3.05) is 11.9 Å². The number of hydrogen-bond donors (Lipinski definition) is 2. The fourth-order valence-corrected chi connectivity index (χ4v) is 5.58. The van der Waals surface area contributed by atoms with Crippen LogP contribution in [0.15, 0.2) is 53.6 Å². The van der Waals surface area contributed by atoms with Gasteiger partial charge in [-0.1, -0.05) is 19.1 Å². The zero-order valence-corrected chi connectivity index (χ0v) is 22.8. The molecule has 39 heavy (non-hydrogen) atoms. The van der Waals surface area contributed by atoms with Gasteiger partial charge in [0.05, 0.1) is 18.4 Å². The summed E-state index contributed by atoms with van der Waals surface area (Å²) in [5.41, 5.74) is 4.82. The van der Waals surface area contributed by atoms with Gasteiger partial charge < -0.3 is 14.8 Å². The van der Waals surface area contributed by atoms with E-state index in [1.807, 2.05) is 0 Å². The first kappa shape index (κ1) is 28.0. The molecule has 0 saturated heterocycles. The number of hydrazone groups is 1. The zero-order chi connectivity index (χ0) is 27.9. The van der Waals surface area contributed by atoms with Gasteiger partial charge in [0.25, 0.3) is 11.8 Å². The molecule has 1 aromatic heterocycles. The quantitative estimate of drug-likeness (QED) is 0.212. The van der Waals surface area contributed by atoms with Crippen LogP contribution in [0, 0.1) is 11.7 Å². The highest BCUT2D eigenvalue weighted by Crippen LogP contribution is 2.40. The lowest BCUT2D eigenvalue weighted by molar-refractivity contribution is -0.127. The predicted octanol–water partition coefficient (Wildman–Crippen LogP) is 5.36. The molecule has 1 aliphatic carbocycles. The van der Waals surface area contributed by atoms with Crippen molar-refractivity contribution in [3.63, 3.8) is 0 Å². The Morgan fingerprint density at radius 3 is 2.56 bits per heavy atom. The van der Waals surface area contributed by atoms with Crippen LogP contribution >= 0.6 is 11.3 Å². The number of carbonyl (C=O) groups is 3. The first-order chi connectivity index (χ1) is 18.7. The molecule has 8 nitrogen and oxygen atoms in total. The Morgan fingerprint density at radius 2 is 1.87 bits per heavy atom. The Morgan fingerprint density at radius 1 is 1.15 bits per heavy atom. The molecule has 0 fully saturated rings. The molecule has 0 saturated carbocycles. The van der Waals surface area contributed by atoms with E-state index in [0.29, 0.717) is 33.4 Å². The Bertz CT molecular complexity index is 1370. The number of rotatable bonds is 9. The van der Waals surface area contributed by atoms with Gasteiger partial charge in [-0.05, 0) is 86.6 Å². The van der Waals surface area contributed by atoms with Crippen LogP contribution in [0.25, 0.3) is 0 Å². The van der Waals surface area contributed by atoms with E-state index in [2.05, 4.69) is 22.8 Å². The Balaban J connectivity index is 1.37. The van der Waals surface area contributed by atoms with Gasteiger partial charge in [0.1, 0.15) is 16.6 Å². The molecule has 2 N–H and O–H groups in total. The summed E-state index contributed by atoms with van der Waals surface area (Å²) in [6, 6.07) is 12.0. The van der Waals surface area contributed by atoms with Gasteiger partial charge in [-0.3, -0.25) is 9.59 Å². The number of nitrogens with one attached hydrogen (secondary N) is 2. The molecular weight excluding hydrogens is 521 g/mol. The Hall–Kier alpha value is -4.05. The minimum absolute atomic E-state index is 0.256. The van der Waals surface area contributed by atoms with E-state index in [9.17, 15) is 18.8 Å². The molecule has 2 aromatic carbocycles. The van der Waals surface area contributed by atoms with Crippen molar-refractivity contribution in [2.45, 2.75) is 46.1 Å². The van der Waals surface area contributed by atoms with Gasteiger partial charge in [0.2, 0.25) is 0 Å². The van der Waals surface area contributed by atoms with Gasteiger partial charge in [-0.15, -0.1) is 11.3 Å². The number of esters is 1. The van der Waals surface area contributed by atoms with Gasteiger partial charge in [-0.25, -0.2) is 14.6 Å². The van der Waals surface area contributed by atoms with Gasteiger partial charge in [0.15, 0.2) is 6.10 Å². The number of ether oxygens (including phenoxy) is 2. The molecule has 10 heteroatoms. The zero-order valence-electron chi connectivity index (χ0n) is 22.0. The smallest absolute Gasteiger partial charge is 0.341 e. The molecule has 4 rings (SSSR count). The number of carbonyl (C=O) groups excluding carboxylic acids is 3. The third-order valence-electron chi connectivity index (χ3n) is 6.28. The van der Waals surface area contributed by atoms with Gasteiger partial charge >= 0.3 is 5.97 Å². The topological polar surface area (TPSA) is 106 Å². The summed E-state index contributed by atoms with van der Waals surface area (Å²) >= 11 is 1.43. The van der Waals surface area contributed by atoms with Crippen molar-refractivity contribution in [2.24, 2.45) is 11.0 Å². The number of amides is 2. The van der Waals surface area contributed by atoms with Crippen molar-refractivity contribution in [1.82, 2.24) is 5.43 Å². The maximum absolute atomic E-state index is 13.0. The summed E-state index contributed by atoms with van der Waals surface area (Å²) in [6.07, 6.45) is 3.18. The van der Waals surface area contributed by atoms with Crippen LogP contribution in [0.3, 0.4) is 0 Å². The lowest BCUT2D eigenvalue weighted by atomic mass is 9.88. The summed E-state index contributed by atoms with van der Waals surface area (Å²) in [7, 11) is 0. The van der Waals surface area contributed by atoms with Crippen LogP contribution < -0.4 is 15.5 Å². The number of nitrogens with zero attached hydrogens (tertiary/aromatic N) is 1. The molecule has 0 radical (unpaired) electrons. The molecule has 2 unspecified atom stereocenters. The summed E-state index contributed by atoms with van der Waals surface area (Å²) in [5, 5.41) is 7.26. The van der Waals surface area contributed by atoms with Gasteiger partial charge in [0, 0.05) is 10.4 Å². The highest BCUT2D eigenvalue weighted by Gasteiger charge is 2.29. The molecule has 1 heterocycles. The number of hydrogen-bond acceptors (Lipinski definition) is 7. The molecular formula is C29H30FN3O5S. The largest absolute Gasteiger partial charge is 0.481 e. The summed E-state index contributed by atoms with van der Waals surface area (Å²) in [4.78, 5) is 39.1. The van der Waals surface area contributed by atoms with E-state index in [0.717, 1.165) is 29.7 Å². The molecule has 2 atom stereocenters. The third-order valence-corrected chi connectivity index (χ3v) is 7.45. The average Bonchev–Trinajstić information content (AvgIpc) is 3.27. The molecule has 0 spiro atoms. The molecule has 0 aliphatic heterocycles. The second-order valence-electron chi connectivity index (χ2n) is 9.30. The molecule has 0 bridgehead atoms. The van der Waals surface area contributed by atoms with Crippen LogP contribution in [-0.2, 0) is 22.4 Å². The van der Waals surface area contributed by atoms with Crippen molar-refractivity contribution >= 4 is 40.3 Å². The second-order valence-corrected chi connectivity index (χ2v) is 10.4.